The smallest absolute Gasteiger partial charge is 0.325 e. The Kier molecular flexibility index (Phi) is 7.63. The second-order valence-electron chi connectivity index (χ2n) is 5.98. The van der Waals surface area contributed by atoms with Gasteiger partial charge in [0.1, 0.15) is 11.5 Å². The minimum absolute atomic E-state index is 0.100. The fourth-order valence-corrected chi connectivity index (χ4v) is 2.47. The van der Waals surface area contributed by atoms with Crippen molar-refractivity contribution in [3.63, 3.8) is 0 Å². The fourth-order valence-electron chi connectivity index (χ4n) is 2.47. The molecule has 0 aliphatic carbocycles. The third kappa shape index (κ3) is 6.99. The van der Waals surface area contributed by atoms with Crippen LogP contribution < -0.4 is 20.1 Å². The highest BCUT2D eigenvalue weighted by Gasteiger charge is 2.11. The highest BCUT2D eigenvalue weighted by molar-refractivity contribution is 6.01. The average Bonchev–Trinajstić information content (AvgIpc) is 2.64. The summed E-state index contributed by atoms with van der Waals surface area (Å²) in [5.41, 5.74) is 1.63. The maximum atomic E-state index is 12.0. The third-order valence-corrected chi connectivity index (χ3v) is 3.70. The number of nitrogens with one attached hydrogen (secondary N) is 2. The van der Waals surface area contributed by atoms with Crippen molar-refractivity contribution in [1.82, 2.24) is 10.2 Å². The van der Waals surface area contributed by atoms with Gasteiger partial charge >= 0.3 is 6.03 Å². The van der Waals surface area contributed by atoms with E-state index in [0.717, 1.165) is 11.3 Å². The van der Waals surface area contributed by atoms with Crippen LogP contribution in [0.1, 0.15) is 12.5 Å². The Morgan fingerprint density at radius 3 is 2.22 bits per heavy atom. The molecule has 2 N–H and O–H groups in total. The van der Waals surface area contributed by atoms with Crippen molar-refractivity contribution in [2.45, 2.75) is 13.5 Å². The van der Waals surface area contributed by atoms with Gasteiger partial charge in [0.15, 0.2) is 0 Å². The first-order chi connectivity index (χ1) is 13.0. The molecule has 27 heavy (non-hydrogen) atoms. The maximum Gasteiger partial charge on any atom is 0.325 e. The van der Waals surface area contributed by atoms with Crippen LogP contribution in [0.4, 0.5) is 10.5 Å². The van der Waals surface area contributed by atoms with Gasteiger partial charge in [0.2, 0.25) is 5.91 Å². The predicted octanol–water partition coefficient (Wildman–Crippen LogP) is 2.87. The topological polar surface area (TPSA) is 79.9 Å². The highest BCUT2D eigenvalue weighted by Crippen LogP contribution is 2.15. The van der Waals surface area contributed by atoms with Crippen LogP contribution in [-0.4, -0.2) is 44.1 Å². The molecular weight excluding hydrogens is 346 g/mol. The largest absolute Gasteiger partial charge is 0.497 e. The van der Waals surface area contributed by atoms with Crippen molar-refractivity contribution in [3.05, 3.63) is 54.1 Å². The van der Waals surface area contributed by atoms with E-state index in [1.165, 1.54) is 0 Å². The molecule has 0 atom stereocenters. The van der Waals surface area contributed by atoms with E-state index in [1.807, 2.05) is 43.1 Å². The molecule has 0 heterocycles. The van der Waals surface area contributed by atoms with Crippen molar-refractivity contribution in [2.24, 2.45) is 0 Å². The van der Waals surface area contributed by atoms with Crippen LogP contribution in [0.3, 0.4) is 0 Å². The number of hydrogen-bond donors (Lipinski definition) is 2. The van der Waals surface area contributed by atoms with Crippen molar-refractivity contribution in [3.8, 4) is 11.5 Å². The number of likely N-dealkylation sites (N-methyl/N-ethyl adjacent to an activating group) is 1. The lowest BCUT2D eigenvalue weighted by molar-refractivity contribution is -0.120. The number of anilines is 1. The molecule has 0 radical (unpaired) electrons. The Labute approximate surface area is 159 Å². The standard InChI is InChI=1S/C20H25N3O4/c1-4-27-18-9-5-15(6-10-18)13-23(2)14-19(24)22-20(25)21-16-7-11-17(26-3)12-8-16/h5-12H,4,13-14H2,1-3H3,(H2,21,22,24,25). The monoisotopic (exact) mass is 371 g/mol. The number of nitrogens with zero attached hydrogens (tertiary/aromatic N) is 1. The summed E-state index contributed by atoms with van der Waals surface area (Å²) < 4.78 is 10.5. The van der Waals surface area contributed by atoms with Crippen LogP contribution in [0.2, 0.25) is 0 Å². The molecule has 0 fully saturated rings. The van der Waals surface area contributed by atoms with Crippen molar-refractivity contribution in [2.75, 3.05) is 32.6 Å². The molecule has 7 nitrogen and oxygen atoms in total. The number of hydrogen-bond acceptors (Lipinski definition) is 5. The highest BCUT2D eigenvalue weighted by atomic mass is 16.5. The van der Waals surface area contributed by atoms with Gasteiger partial charge in [-0.25, -0.2) is 4.79 Å². The molecule has 2 rings (SSSR count). The van der Waals surface area contributed by atoms with E-state index in [9.17, 15) is 9.59 Å². The Morgan fingerprint density at radius 1 is 1.00 bits per heavy atom. The number of imide groups is 1. The third-order valence-electron chi connectivity index (χ3n) is 3.70. The van der Waals surface area contributed by atoms with Gasteiger partial charge in [-0.3, -0.25) is 15.0 Å². The maximum absolute atomic E-state index is 12.0. The van der Waals surface area contributed by atoms with E-state index in [0.29, 0.717) is 24.6 Å². The zero-order chi connectivity index (χ0) is 19.6. The number of methoxy groups -OCH3 is 1. The number of amides is 3. The summed E-state index contributed by atoms with van der Waals surface area (Å²) in [4.78, 5) is 25.8. The number of carbonyl (C=O) groups excluding carboxylic acids is 2. The van der Waals surface area contributed by atoms with Gasteiger partial charge in [0.05, 0.1) is 20.3 Å². The van der Waals surface area contributed by atoms with Crippen LogP contribution in [0.5, 0.6) is 11.5 Å². The SMILES string of the molecule is CCOc1ccc(CN(C)CC(=O)NC(=O)Nc2ccc(OC)cc2)cc1. The predicted molar refractivity (Wildman–Crippen MR) is 104 cm³/mol. The van der Waals surface area contributed by atoms with Gasteiger partial charge in [0, 0.05) is 12.2 Å². The lowest BCUT2D eigenvalue weighted by Crippen LogP contribution is -2.40. The number of urea groups is 1. The average molecular weight is 371 g/mol. The molecule has 0 unspecified atom stereocenters. The molecule has 0 saturated heterocycles. The first-order valence-corrected chi connectivity index (χ1v) is 8.65. The number of rotatable bonds is 8. The molecule has 7 heteroatoms. The summed E-state index contributed by atoms with van der Waals surface area (Å²) in [6, 6.07) is 14.0. The first kappa shape index (κ1) is 20.3. The van der Waals surface area contributed by atoms with Crippen LogP contribution in [0, 0.1) is 0 Å². The fraction of sp³-hybridized carbons (Fsp3) is 0.300. The molecule has 0 aliphatic heterocycles. The normalized spacial score (nSPS) is 10.4. The van der Waals surface area contributed by atoms with Crippen LogP contribution in [0.15, 0.2) is 48.5 Å². The van der Waals surface area contributed by atoms with Gasteiger partial charge in [-0.05, 0) is 55.9 Å². The zero-order valence-corrected chi connectivity index (χ0v) is 15.8. The molecular formula is C20H25N3O4. The summed E-state index contributed by atoms with van der Waals surface area (Å²) in [5.74, 6) is 1.12. The molecule has 3 amide bonds. The van der Waals surface area contributed by atoms with Crippen molar-refractivity contribution in [1.29, 1.82) is 0 Å². The number of ether oxygens (including phenoxy) is 2. The minimum atomic E-state index is -0.570. The van der Waals surface area contributed by atoms with E-state index >= 15 is 0 Å². The Morgan fingerprint density at radius 2 is 1.63 bits per heavy atom. The molecule has 2 aromatic carbocycles. The minimum Gasteiger partial charge on any atom is -0.497 e. The second-order valence-corrected chi connectivity index (χ2v) is 5.98. The second kappa shape index (κ2) is 10.2. The van der Waals surface area contributed by atoms with E-state index in [2.05, 4.69) is 10.6 Å². The van der Waals surface area contributed by atoms with Gasteiger partial charge in [-0.15, -0.1) is 0 Å². The van der Waals surface area contributed by atoms with E-state index in [1.54, 1.807) is 31.4 Å². The zero-order valence-electron chi connectivity index (χ0n) is 15.8. The molecule has 0 bridgehead atoms. The number of carbonyl (C=O) groups is 2. The van der Waals surface area contributed by atoms with Gasteiger partial charge in [-0.2, -0.15) is 0 Å². The van der Waals surface area contributed by atoms with Gasteiger partial charge in [-0.1, -0.05) is 12.1 Å². The summed E-state index contributed by atoms with van der Waals surface area (Å²) in [5, 5.41) is 4.92. The molecule has 0 spiro atoms. The van der Waals surface area contributed by atoms with E-state index < -0.39 is 6.03 Å². The van der Waals surface area contributed by atoms with Crippen molar-refractivity contribution >= 4 is 17.6 Å². The lowest BCUT2D eigenvalue weighted by atomic mass is 10.2. The van der Waals surface area contributed by atoms with Crippen LogP contribution in [0.25, 0.3) is 0 Å². The van der Waals surface area contributed by atoms with Crippen LogP contribution in [-0.2, 0) is 11.3 Å². The molecule has 0 aliphatic rings. The Bertz CT molecular complexity index is 745. The summed E-state index contributed by atoms with van der Waals surface area (Å²) in [7, 11) is 3.38. The van der Waals surface area contributed by atoms with E-state index in [-0.39, 0.29) is 12.5 Å². The summed E-state index contributed by atoms with van der Waals surface area (Å²) in [6.45, 7) is 3.24. The Hall–Kier alpha value is -3.06. The lowest BCUT2D eigenvalue weighted by Gasteiger charge is -2.16. The quantitative estimate of drug-likeness (QED) is 0.746. The first-order valence-electron chi connectivity index (χ1n) is 8.65. The Balaban J connectivity index is 1.77. The van der Waals surface area contributed by atoms with Gasteiger partial charge < -0.3 is 14.8 Å². The van der Waals surface area contributed by atoms with Gasteiger partial charge in [0.25, 0.3) is 0 Å². The number of benzene rings is 2. The van der Waals surface area contributed by atoms with Crippen LogP contribution >= 0.6 is 0 Å². The molecule has 144 valence electrons. The summed E-state index contributed by atoms with van der Waals surface area (Å²) >= 11 is 0. The van der Waals surface area contributed by atoms with E-state index in [4.69, 9.17) is 9.47 Å². The molecule has 2 aromatic rings. The molecule has 0 aromatic heterocycles. The van der Waals surface area contributed by atoms with Crippen molar-refractivity contribution < 1.29 is 19.1 Å². The summed E-state index contributed by atoms with van der Waals surface area (Å²) in [6.07, 6.45) is 0. The molecule has 0 saturated carbocycles.